The molecule has 0 bridgehead atoms. The van der Waals surface area contributed by atoms with Gasteiger partial charge in [-0.3, -0.25) is 9.52 Å². The molecule has 0 saturated heterocycles. The van der Waals surface area contributed by atoms with Crippen LogP contribution in [-0.2, 0) is 14.8 Å². The number of nitrogens with one attached hydrogen (secondary N) is 2. The van der Waals surface area contributed by atoms with Gasteiger partial charge in [0, 0.05) is 6.42 Å². The molecule has 0 saturated carbocycles. The largest absolute Gasteiger partial charge is 0.324 e. The van der Waals surface area contributed by atoms with E-state index in [-0.39, 0.29) is 16.7 Å². The molecule has 6 heteroatoms. The van der Waals surface area contributed by atoms with Crippen LogP contribution in [0.25, 0.3) is 0 Å². The second-order valence-electron chi connectivity index (χ2n) is 6.11. The van der Waals surface area contributed by atoms with Crippen LogP contribution in [0.4, 0.5) is 11.4 Å². The number of benzene rings is 2. The van der Waals surface area contributed by atoms with Gasteiger partial charge in [0.2, 0.25) is 5.91 Å². The van der Waals surface area contributed by atoms with E-state index in [1.807, 2.05) is 20.8 Å². The maximum absolute atomic E-state index is 12.5. The molecule has 24 heavy (non-hydrogen) atoms. The first kappa shape index (κ1) is 18.0. The monoisotopic (exact) mass is 346 g/mol. The van der Waals surface area contributed by atoms with E-state index in [1.54, 1.807) is 48.5 Å². The quantitative estimate of drug-likeness (QED) is 0.836. The van der Waals surface area contributed by atoms with Crippen LogP contribution in [0.1, 0.15) is 25.8 Å². The minimum absolute atomic E-state index is 0.146. The van der Waals surface area contributed by atoms with Crippen molar-refractivity contribution in [2.45, 2.75) is 32.1 Å². The summed E-state index contributed by atoms with van der Waals surface area (Å²) >= 11 is 0. The maximum Gasteiger partial charge on any atom is 0.261 e. The number of amides is 1. The standard InChI is InChI=1S/C18H22N2O3S/c1-13(2)12-18(21)19-16-6-4-5-7-17(16)20-24(22,23)15-10-8-14(3)9-11-15/h4-11,13,20H,12H2,1-3H3,(H,19,21). The Balaban J connectivity index is 2.23. The van der Waals surface area contributed by atoms with Crippen molar-refractivity contribution in [3.8, 4) is 0 Å². The van der Waals surface area contributed by atoms with Crippen LogP contribution >= 0.6 is 0 Å². The van der Waals surface area contributed by atoms with Crippen LogP contribution in [0, 0.1) is 12.8 Å². The highest BCUT2D eigenvalue weighted by atomic mass is 32.2. The number of para-hydroxylation sites is 2. The minimum atomic E-state index is -3.71. The second kappa shape index (κ2) is 7.49. The van der Waals surface area contributed by atoms with Crippen molar-refractivity contribution in [3.05, 3.63) is 54.1 Å². The van der Waals surface area contributed by atoms with E-state index in [0.717, 1.165) is 5.56 Å². The number of carbonyl (C=O) groups is 1. The molecule has 2 N–H and O–H groups in total. The minimum Gasteiger partial charge on any atom is -0.324 e. The van der Waals surface area contributed by atoms with Gasteiger partial charge in [0.1, 0.15) is 0 Å². The summed E-state index contributed by atoms with van der Waals surface area (Å²) in [7, 11) is -3.71. The van der Waals surface area contributed by atoms with Crippen LogP contribution in [-0.4, -0.2) is 14.3 Å². The molecule has 0 aliphatic carbocycles. The van der Waals surface area contributed by atoms with Gasteiger partial charge in [0.25, 0.3) is 10.0 Å². The normalized spacial score (nSPS) is 11.3. The van der Waals surface area contributed by atoms with Crippen LogP contribution in [0.3, 0.4) is 0 Å². The van der Waals surface area contributed by atoms with Gasteiger partial charge in [-0.1, -0.05) is 43.7 Å². The molecule has 0 radical (unpaired) electrons. The fraction of sp³-hybridized carbons (Fsp3) is 0.278. The van der Waals surface area contributed by atoms with Gasteiger partial charge in [-0.05, 0) is 37.1 Å². The second-order valence-corrected chi connectivity index (χ2v) is 7.79. The molecule has 1 amide bonds. The molecule has 0 aromatic heterocycles. The highest BCUT2D eigenvalue weighted by molar-refractivity contribution is 7.92. The molecule has 0 aliphatic heterocycles. The molecule has 0 atom stereocenters. The topological polar surface area (TPSA) is 75.3 Å². The number of anilines is 2. The van der Waals surface area contributed by atoms with Crippen LogP contribution < -0.4 is 10.0 Å². The molecule has 5 nitrogen and oxygen atoms in total. The zero-order valence-electron chi connectivity index (χ0n) is 14.0. The Morgan fingerprint density at radius 2 is 1.58 bits per heavy atom. The molecule has 0 aliphatic rings. The molecule has 2 aromatic carbocycles. The number of hydrogen-bond acceptors (Lipinski definition) is 3. The first-order chi connectivity index (χ1) is 11.3. The van der Waals surface area contributed by atoms with Crippen molar-refractivity contribution in [1.29, 1.82) is 0 Å². The van der Waals surface area contributed by atoms with Crippen molar-refractivity contribution in [2.75, 3.05) is 10.0 Å². The summed E-state index contributed by atoms with van der Waals surface area (Å²) in [6, 6.07) is 13.3. The maximum atomic E-state index is 12.5. The molecule has 2 aromatic rings. The van der Waals surface area contributed by atoms with Gasteiger partial charge in [0.15, 0.2) is 0 Å². The Labute approximate surface area is 143 Å². The Morgan fingerprint density at radius 1 is 1.00 bits per heavy atom. The number of aryl methyl sites for hydroxylation is 1. The average Bonchev–Trinajstić information content (AvgIpc) is 2.48. The van der Waals surface area contributed by atoms with E-state index in [9.17, 15) is 13.2 Å². The van der Waals surface area contributed by atoms with Crippen molar-refractivity contribution >= 4 is 27.3 Å². The van der Waals surface area contributed by atoms with Crippen molar-refractivity contribution in [3.63, 3.8) is 0 Å². The molecule has 128 valence electrons. The molecular formula is C18H22N2O3S. The first-order valence-corrected chi connectivity index (χ1v) is 9.24. The van der Waals surface area contributed by atoms with E-state index >= 15 is 0 Å². The van der Waals surface area contributed by atoms with E-state index in [2.05, 4.69) is 10.0 Å². The fourth-order valence-corrected chi connectivity index (χ4v) is 3.25. The molecule has 0 unspecified atom stereocenters. The van der Waals surface area contributed by atoms with Crippen LogP contribution in [0.15, 0.2) is 53.4 Å². The Morgan fingerprint density at radius 3 is 2.17 bits per heavy atom. The van der Waals surface area contributed by atoms with Gasteiger partial charge in [0.05, 0.1) is 16.3 Å². The van der Waals surface area contributed by atoms with Crippen LogP contribution in [0.5, 0.6) is 0 Å². The summed E-state index contributed by atoms with van der Waals surface area (Å²) in [6.07, 6.45) is 0.374. The zero-order valence-corrected chi connectivity index (χ0v) is 14.9. The van der Waals surface area contributed by atoms with E-state index in [4.69, 9.17) is 0 Å². The highest BCUT2D eigenvalue weighted by Gasteiger charge is 2.16. The lowest BCUT2D eigenvalue weighted by Crippen LogP contribution is -2.18. The lowest BCUT2D eigenvalue weighted by atomic mass is 10.1. The summed E-state index contributed by atoms with van der Waals surface area (Å²) in [5.74, 6) is 0.0772. The van der Waals surface area contributed by atoms with Crippen molar-refractivity contribution in [2.24, 2.45) is 5.92 Å². The third kappa shape index (κ3) is 4.83. The van der Waals surface area contributed by atoms with Gasteiger partial charge < -0.3 is 5.32 Å². The van der Waals surface area contributed by atoms with Crippen molar-refractivity contribution < 1.29 is 13.2 Å². The predicted molar refractivity (Wildman–Crippen MR) is 96.5 cm³/mol. The third-order valence-electron chi connectivity index (χ3n) is 3.37. The van der Waals surface area contributed by atoms with Gasteiger partial charge in [-0.25, -0.2) is 8.42 Å². The average molecular weight is 346 g/mol. The summed E-state index contributed by atoms with van der Waals surface area (Å²) in [5.41, 5.74) is 1.77. The Hall–Kier alpha value is -2.34. The number of carbonyl (C=O) groups excluding carboxylic acids is 1. The first-order valence-electron chi connectivity index (χ1n) is 7.76. The van der Waals surface area contributed by atoms with E-state index in [1.165, 1.54) is 0 Å². The van der Waals surface area contributed by atoms with E-state index < -0.39 is 10.0 Å². The Bertz CT molecular complexity index is 812. The van der Waals surface area contributed by atoms with Gasteiger partial charge in [-0.15, -0.1) is 0 Å². The smallest absolute Gasteiger partial charge is 0.261 e. The third-order valence-corrected chi connectivity index (χ3v) is 4.75. The SMILES string of the molecule is Cc1ccc(S(=O)(=O)Nc2ccccc2NC(=O)CC(C)C)cc1. The molecule has 0 spiro atoms. The molecule has 0 heterocycles. The predicted octanol–water partition coefficient (Wildman–Crippen LogP) is 3.78. The Kier molecular flexibility index (Phi) is 5.62. The lowest BCUT2D eigenvalue weighted by molar-refractivity contribution is -0.116. The summed E-state index contributed by atoms with van der Waals surface area (Å²) in [4.78, 5) is 12.1. The molecule has 2 rings (SSSR count). The van der Waals surface area contributed by atoms with Crippen molar-refractivity contribution in [1.82, 2.24) is 0 Å². The lowest BCUT2D eigenvalue weighted by Gasteiger charge is -2.14. The van der Waals surface area contributed by atoms with Gasteiger partial charge >= 0.3 is 0 Å². The molecule has 0 fully saturated rings. The summed E-state index contributed by atoms with van der Waals surface area (Å²) < 4.78 is 27.5. The number of hydrogen-bond donors (Lipinski definition) is 2. The van der Waals surface area contributed by atoms with E-state index in [0.29, 0.717) is 17.8 Å². The fourth-order valence-electron chi connectivity index (χ4n) is 2.17. The number of sulfonamides is 1. The highest BCUT2D eigenvalue weighted by Crippen LogP contribution is 2.25. The van der Waals surface area contributed by atoms with Gasteiger partial charge in [-0.2, -0.15) is 0 Å². The summed E-state index contributed by atoms with van der Waals surface area (Å²) in [6.45, 7) is 5.79. The zero-order chi connectivity index (χ0) is 17.7. The number of rotatable bonds is 6. The summed E-state index contributed by atoms with van der Waals surface area (Å²) in [5, 5.41) is 2.76. The van der Waals surface area contributed by atoms with Crippen LogP contribution in [0.2, 0.25) is 0 Å². The molecular weight excluding hydrogens is 324 g/mol.